The second kappa shape index (κ2) is 13.7. The topological polar surface area (TPSA) is 3.24 Å². The number of hydrogen-bond donors (Lipinski definition) is 0. The molecule has 0 aromatic heterocycles. The van der Waals surface area contributed by atoms with E-state index in [1.54, 1.807) is 0 Å². The lowest BCUT2D eigenvalue weighted by Crippen LogP contribution is -2.10. The number of benzene rings is 11. The molecule has 11 rings (SSSR count). The highest BCUT2D eigenvalue weighted by Gasteiger charge is 2.16. The van der Waals surface area contributed by atoms with Crippen LogP contribution < -0.4 is 4.90 Å². The van der Waals surface area contributed by atoms with Crippen LogP contribution in [-0.4, -0.2) is 0 Å². The van der Waals surface area contributed by atoms with Crippen LogP contribution in [0.4, 0.5) is 17.1 Å². The highest BCUT2D eigenvalue weighted by atomic mass is 15.1. The Morgan fingerprint density at radius 1 is 0.211 bits per heavy atom. The average Bonchev–Trinajstić information content (AvgIpc) is 3.29. The third-order valence-corrected chi connectivity index (χ3v) is 11.6. The van der Waals surface area contributed by atoms with E-state index in [0.29, 0.717) is 0 Å². The van der Waals surface area contributed by atoms with Crippen molar-refractivity contribution in [2.45, 2.75) is 0 Å². The molecular weight excluding hydrogens is 687 g/mol. The van der Waals surface area contributed by atoms with Gasteiger partial charge in [-0.15, -0.1) is 0 Å². The molecule has 0 unspecified atom stereocenters. The van der Waals surface area contributed by atoms with Gasteiger partial charge in [0.2, 0.25) is 0 Å². The summed E-state index contributed by atoms with van der Waals surface area (Å²) in [4.78, 5) is 2.38. The van der Waals surface area contributed by atoms with Gasteiger partial charge in [0.1, 0.15) is 0 Å². The zero-order valence-corrected chi connectivity index (χ0v) is 31.3. The molecule has 1 nitrogen and oxygen atoms in total. The Kier molecular flexibility index (Phi) is 7.89. The van der Waals surface area contributed by atoms with Crippen molar-refractivity contribution in [2.24, 2.45) is 0 Å². The van der Waals surface area contributed by atoms with E-state index >= 15 is 0 Å². The predicted octanol–water partition coefficient (Wildman–Crippen LogP) is 15.9. The third-order valence-electron chi connectivity index (χ3n) is 11.6. The van der Waals surface area contributed by atoms with E-state index < -0.39 is 0 Å². The Bertz CT molecular complexity index is 3280. The van der Waals surface area contributed by atoms with Crippen LogP contribution in [0, 0.1) is 0 Å². The van der Waals surface area contributed by atoms with Crippen molar-refractivity contribution in [1.82, 2.24) is 0 Å². The van der Waals surface area contributed by atoms with Crippen molar-refractivity contribution < 1.29 is 0 Å². The van der Waals surface area contributed by atoms with E-state index in [0.717, 1.165) is 17.1 Å². The molecule has 0 atom stereocenters. The maximum Gasteiger partial charge on any atom is 0.0468 e. The fourth-order valence-electron chi connectivity index (χ4n) is 8.63. The Labute approximate surface area is 332 Å². The largest absolute Gasteiger partial charge is 0.310 e. The summed E-state index contributed by atoms with van der Waals surface area (Å²) in [6.45, 7) is 0. The summed E-state index contributed by atoms with van der Waals surface area (Å²) >= 11 is 0. The molecule has 266 valence electrons. The van der Waals surface area contributed by atoms with E-state index in [1.165, 1.54) is 87.2 Å². The Morgan fingerprint density at radius 2 is 0.667 bits per heavy atom. The van der Waals surface area contributed by atoms with Crippen molar-refractivity contribution >= 4 is 70.9 Å². The summed E-state index contributed by atoms with van der Waals surface area (Å²) in [6.07, 6.45) is 0. The van der Waals surface area contributed by atoms with Gasteiger partial charge in [0.25, 0.3) is 0 Å². The molecule has 1 heteroatoms. The average molecular weight is 724 g/mol. The summed E-state index contributed by atoms with van der Waals surface area (Å²) in [5, 5.41) is 12.6. The van der Waals surface area contributed by atoms with Crippen molar-refractivity contribution in [3.8, 4) is 33.4 Å². The molecule has 0 radical (unpaired) electrons. The molecule has 0 aliphatic rings. The van der Waals surface area contributed by atoms with Gasteiger partial charge in [-0.05, 0) is 142 Å². The minimum absolute atomic E-state index is 1.11. The number of nitrogens with zero attached hydrogens (tertiary/aromatic N) is 1. The lowest BCUT2D eigenvalue weighted by atomic mass is 9.93. The molecule has 0 aliphatic carbocycles. The normalized spacial score (nSPS) is 11.5. The van der Waals surface area contributed by atoms with Crippen LogP contribution >= 0.6 is 0 Å². The van der Waals surface area contributed by atoms with Crippen LogP contribution in [0.5, 0.6) is 0 Å². The highest BCUT2D eigenvalue weighted by Crippen LogP contribution is 2.40. The zero-order chi connectivity index (χ0) is 37.7. The van der Waals surface area contributed by atoms with Gasteiger partial charge in [-0.3, -0.25) is 0 Å². The first-order valence-corrected chi connectivity index (χ1v) is 19.7. The van der Waals surface area contributed by atoms with Crippen LogP contribution in [0.15, 0.2) is 224 Å². The van der Waals surface area contributed by atoms with Gasteiger partial charge >= 0.3 is 0 Å². The summed E-state index contributed by atoms with van der Waals surface area (Å²) < 4.78 is 0. The summed E-state index contributed by atoms with van der Waals surface area (Å²) in [5.41, 5.74) is 10.6. The molecule has 0 saturated heterocycles. The van der Waals surface area contributed by atoms with Crippen LogP contribution in [0.2, 0.25) is 0 Å². The zero-order valence-electron chi connectivity index (χ0n) is 31.3. The molecule has 57 heavy (non-hydrogen) atoms. The minimum atomic E-state index is 1.11. The van der Waals surface area contributed by atoms with Crippen molar-refractivity contribution in [1.29, 1.82) is 0 Å². The minimum Gasteiger partial charge on any atom is -0.310 e. The SMILES string of the molecule is c1ccc(-c2cccc(N(c3ccc(-c4ccc5ccccc5c4)cc3)c3ccc4cc(-c5ccc6ccc7ccc8ccccc8c7c6c5)ccc4c3)c2)cc1. The third kappa shape index (κ3) is 5.98. The van der Waals surface area contributed by atoms with Gasteiger partial charge in [0, 0.05) is 17.1 Å². The van der Waals surface area contributed by atoms with Gasteiger partial charge in [-0.1, -0.05) is 170 Å². The second-order valence-electron chi connectivity index (χ2n) is 15.0. The number of anilines is 3. The first-order chi connectivity index (χ1) is 28.2. The van der Waals surface area contributed by atoms with Crippen molar-refractivity contribution in [2.75, 3.05) is 4.90 Å². The number of rotatable bonds is 6. The number of fused-ring (bicyclic) bond motifs is 7. The van der Waals surface area contributed by atoms with E-state index in [1.807, 2.05) is 0 Å². The molecule has 0 saturated carbocycles. The number of hydrogen-bond acceptors (Lipinski definition) is 1. The van der Waals surface area contributed by atoms with Gasteiger partial charge < -0.3 is 4.90 Å². The summed E-state index contributed by atoms with van der Waals surface area (Å²) in [6, 6.07) is 82.1. The monoisotopic (exact) mass is 723 g/mol. The fraction of sp³-hybridized carbons (Fsp3) is 0. The van der Waals surface area contributed by atoms with Gasteiger partial charge in [0.15, 0.2) is 0 Å². The Balaban J connectivity index is 0.997. The molecule has 0 amide bonds. The van der Waals surface area contributed by atoms with E-state index in [-0.39, 0.29) is 0 Å². The van der Waals surface area contributed by atoms with Gasteiger partial charge in [-0.2, -0.15) is 0 Å². The van der Waals surface area contributed by atoms with E-state index in [4.69, 9.17) is 0 Å². The molecule has 0 aliphatic heterocycles. The molecule has 0 spiro atoms. The summed E-state index contributed by atoms with van der Waals surface area (Å²) in [5.74, 6) is 0. The first-order valence-electron chi connectivity index (χ1n) is 19.7. The smallest absolute Gasteiger partial charge is 0.0468 e. The Morgan fingerprint density at radius 3 is 1.47 bits per heavy atom. The molecule has 0 heterocycles. The second-order valence-corrected chi connectivity index (χ2v) is 15.0. The molecule has 11 aromatic rings. The van der Waals surface area contributed by atoms with Gasteiger partial charge in [-0.25, -0.2) is 0 Å². The predicted molar refractivity (Wildman–Crippen MR) is 245 cm³/mol. The fourth-order valence-corrected chi connectivity index (χ4v) is 8.63. The van der Waals surface area contributed by atoms with Crippen molar-refractivity contribution in [3.05, 3.63) is 224 Å². The Hall–Kier alpha value is -7.48. The standard InChI is InChI=1S/C56H37N/c1-2-9-38(10-3-1)45-14-8-15-52(35-45)57(51-30-27-40(28-31-51)46-23-17-39-11-4-5-13-44(39)33-46)53-32-29-48-34-47(25-26-49(48)36-53)50-24-20-42-19-22-43-21-18-41-12-6-7-16-54(41)56(43)55(42)37-50/h1-37H. The molecule has 0 fully saturated rings. The van der Waals surface area contributed by atoms with Gasteiger partial charge in [0.05, 0.1) is 0 Å². The highest BCUT2D eigenvalue weighted by molar-refractivity contribution is 6.20. The van der Waals surface area contributed by atoms with E-state index in [2.05, 4.69) is 229 Å². The van der Waals surface area contributed by atoms with Crippen LogP contribution in [0.1, 0.15) is 0 Å². The molecule has 0 bridgehead atoms. The lowest BCUT2D eigenvalue weighted by molar-refractivity contribution is 1.29. The van der Waals surface area contributed by atoms with E-state index in [9.17, 15) is 0 Å². The van der Waals surface area contributed by atoms with Crippen LogP contribution in [0.25, 0.3) is 87.2 Å². The van der Waals surface area contributed by atoms with Crippen LogP contribution in [-0.2, 0) is 0 Å². The van der Waals surface area contributed by atoms with Crippen LogP contribution in [0.3, 0.4) is 0 Å². The lowest BCUT2D eigenvalue weighted by Gasteiger charge is -2.26. The molecule has 0 N–H and O–H groups in total. The maximum absolute atomic E-state index is 2.38. The first kappa shape index (κ1) is 32.9. The van der Waals surface area contributed by atoms with Crippen molar-refractivity contribution in [3.63, 3.8) is 0 Å². The molecule has 11 aromatic carbocycles. The quantitative estimate of drug-likeness (QED) is 0.154. The maximum atomic E-state index is 2.38. The molecular formula is C56H37N. The summed E-state index contributed by atoms with van der Waals surface area (Å²) in [7, 11) is 0.